The third kappa shape index (κ3) is 4.34. The van der Waals surface area contributed by atoms with Crippen LogP contribution >= 0.6 is 11.8 Å². The highest BCUT2D eigenvalue weighted by molar-refractivity contribution is 7.99. The molecule has 4 rings (SSSR count). The first kappa shape index (κ1) is 19.6. The second-order valence-electron chi connectivity index (χ2n) is 7.36. The van der Waals surface area contributed by atoms with E-state index in [1.165, 1.54) is 5.56 Å². The van der Waals surface area contributed by atoms with E-state index in [1.807, 2.05) is 50.2 Å². The molecule has 1 fully saturated rings. The van der Waals surface area contributed by atoms with Crippen LogP contribution in [0.25, 0.3) is 0 Å². The van der Waals surface area contributed by atoms with Crippen LogP contribution in [-0.4, -0.2) is 41.2 Å². The molecule has 0 saturated carbocycles. The molecule has 2 heterocycles. The lowest BCUT2D eigenvalue weighted by Crippen LogP contribution is -2.44. The van der Waals surface area contributed by atoms with Crippen molar-refractivity contribution in [3.63, 3.8) is 0 Å². The van der Waals surface area contributed by atoms with Crippen LogP contribution in [0.4, 0.5) is 5.69 Å². The molecule has 2 aromatic carbocycles. The number of fused-ring (bicyclic) bond motifs is 1. The minimum atomic E-state index is -0.439. The van der Waals surface area contributed by atoms with Gasteiger partial charge < -0.3 is 19.7 Å². The summed E-state index contributed by atoms with van der Waals surface area (Å²) in [6, 6.07) is 11.1. The van der Waals surface area contributed by atoms with Crippen molar-refractivity contribution in [1.82, 2.24) is 4.90 Å². The van der Waals surface area contributed by atoms with Crippen molar-refractivity contribution in [2.45, 2.75) is 32.7 Å². The lowest BCUT2D eigenvalue weighted by molar-refractivity contribution is -0.136. The molecule has 6 nitrogen and oxygen atoms in total. The van der Waals surface area contributed by atoms with Gasteiger partial charge in [-0.1, -0.05) is 12.1 Å². The van der Waals surface area contributed by atoms with Crippen LogP contribution in [0.5, 0.6) is 11.5 Å². The fraction of sp³-hybridized carbons (Fsp3) is 0.364. The van der Waals surface area contributed by atoms with Crippen molar-refractivity contribution in [2.75, 3.05) is 23.7 Å². The van der Waals surface area contributed by atoms with E-state index < -0.39 is 6.04 Å². The van der Waals surface area contributed by atoms with Crippen LogP contribution < -0.4 is 14.8 Å². The van der Waals surface area contributed by atoms with E-state index in [2.05, 4.69) is 5.32 Å². The van der Waals surface area contributed by atoms with Crippen LogP contribution in [0.3, 0.4) is 0 Å². The van der Waals surface area contributed by atoms with Gasteiger partial charge in [0.25, 0.3) is 0 Å². The van der Waals surface area contributed by atoms with Gasteiger partial charge in [-0.3, -0.25) is 9.59 Å². The van der Waals surface area contributed by atoms with Crippen LogP contribution in [0.15, 0.2) is 36.4 Å². The molecule has 1 N–H and O–H groups in total. The van der Waals surface area contributed by atoms with Gasteiger partial charge in [-0.2, -0.15) is 0 Å². The van der Waals surface area contributed by atoms with Crippen molar-refractivity contribution >= 4 is 29.3 Å². The second kappa shape index (κ2) is 8.37. The van der Waals surface area contributed by atoms with E-state index in [9.17, 15) is 9.59 Å². The van der Waals surface area contributed by atoms with Crippen LogP contribution in [0.1, 0.15) is 23.1 Å². The van der Waals surface area contributed by atoms with E-state index in [0.29, 0.717) is 24.5 Å². The number of carbonyl (C=O) groups is 2. The smallest absolute Gasteiger partial charge is 0.248 e. The molecule has 1 unspecified atom stereocenters. The average molecular weight is 413 g/mol. The van der Waals surface area contributed by atoms with Gasteiger partial charge >= 0.3 is 0 Å². The molecule has 0 bridgehead atoms. The summed E-state index contributed by atoms with van der Waals surface area (Å²) in [7, 11) is 0. The number of nitrogens with one attached hydrogen (secondary N) is 1. The highest BCUT2D eigenvalue weighted by Gasteiger charge is 2.34. The molecule has 2 amide bonds. The van der Waals surface area contributed by atoms with Crippen molar-refractivity contribution < 1.29 is 19.1 Å². The van der Waals surface area contributed by atoms with Crippen molar-refractivity contribution in [2.24, 2.45) is 0 Å². The fourth-order valence-electron chi connectivity index (χ4n) is 3.44. The molecular weight excluding hydrogens is 388 g/mol. The van der Waals surface area contributed by atoms with Crippen LogP contribution in [0.2, 0.25) is 0 Å². The fourth-order valence-corrected chi connectivity index (χ4v) is 4.62. The molecule has 1 saturated heterocycles. The second-order valence-corrected chi connectivity index (χ2v) is 8.35. The first-order chi connectivity index (χ1) is 14.0. The van der Waals surface area contributed by atoms with Gasteiger partial charge in [-0.15, -0.1) is 11.8 Å². The number of thioether (sulfide) groups is 1. The summed E-state index contributed by atoms with van der Waals surface area (Å²) in [6.07, 6.45) is 0.954. The van der Waals surface area contributed by atoms with Crippen molar-refractivity contribution in [3.8, 4) is 11.5 Å². The molecule has 0 spiro atoms. The van der Waals surface area contributed by atoms with E-state index in [-0.39, 0.29) is 18.6 Å². The minimum Gasteiger partial charge on any atom is -0.454 e. The summed E-state index contributed by atoms with van der Waals surface area (Å²) < 4.78 is 10.7. The molecule has 29 heavy (non-hydrogen) atoms. The quantitative estimate of drug-likeness (QED) is 0.814. The average Bonchev–Trinajstić information content (AvgIpc) is 3.37. The zero-order valence-corrected chi connectivity index (χ0v) is 17.4. The largest absolute Gasteiger partial charge is 0.454 e. The number of benzene rings is 2. The van der Waals surface area contributed by atoms with Gasteiger partial charge in [-0.25, -0.2) is 0 Å². The number of rotatable bonds is 5. The third-order valence-corrected chi connectivity index (χ3v) is 6.36. The number of nitrogens with zero attached hydrogens (tertiary/aromatic N) is 1. The van der Waals surface area contributed by atoms with Crippen LogP contribution in [-0.2, 0) is 16.0 Å². The minimum absolute atomic E-state index is 0.00657. The Hall–Kier alpha value is -2.67. The molecule has 2 aliphatic heterocycles. The van der Waals surface area contributed by atoms with E-state index >= 15 is 0 Å². The number of hydrogen-bond donors (Lipinski definition) is 1. The number of anilines is 1. The molecule has 0 aromatic heterocycles. The Morgan fingerprint density at radius 1 is 1.10 bits per heavy atom. The Kier molecular flexibility index (Phi) is 5.67. The normalized spacial score (nSPS) is 17.4. The molecule has 1 atom stereocenters. The Bertz CT molecular complexity index is 946. The Morgan fingerprint density at radius 2 is 1.93 bits per heavy atom. The first-order valence-electron chi connectivity index (χ1n) is 9.65. The molecule has 2 aromatic rings. The maximum absolute atomic E-state index is 12.8. The zero-order chi connectivity index (χ0) is 20.4. The van der Waals surface area contributed by atoms with Gasteiger partial charge in [0, 0.05) is 17.9 Å². The zero-order valence-electron chi connectivity index (χ0n) is 16.6. The van der Waals surface area contributed by atoms with Gasteiger partial charge in [0.2, 0.25) is 18.6 Å². The van der Waals surface area contributed by atoms with Gasteiger partial charge in [0.15, 0.2) is 11.5 Å². The van der Waals surface area contributed by atoms with E-state index in [1.54, 1.807) is 16.7 Å². The number of carbonyl (C=O) groups excluding carboxylic acids is 2. The van der Waals surface area contributed by atoms with E-state index in [4.69, 9.17) is 9.47 Å². The van der Waals surface area contributed by atoms with Gasteiger partial charge in [0.1, 0.15) is 6.04 Å². The molecule has 2 aliphatic rings. The van der Waals surface area contributed by atoms with Crippen LogP contribution in [0, 0.1) is 13.8 Å². The number of aryl methyl sites for hydroxylation is 3. The maximum Gasteiger partial charge on any atom is 0.248 e. The number of ether oxygens (including phenoxy) is 2. The summed E-state index contributed by atoms with van der Waals surface area (Å²) in [5.74, 6) is 2.48. The summed E-state index contributed by atoms with van der Waals surface area (Å²) in [5.41, 5.74) is 4.09. The summed E-state index contributed by atoms with van der Waals surface area (Å²) in [4.78, 5) is 27.3. The highest BCUT2D eigenvalue weighted by Crippen LogP contribution is 2.33. The molecule has 0 aliphatic carbocycles. The van der Waals surface area contributed by atoms with Crippen molar-refractivity contribution in [3.05, 3.63) is 53.1 Å². The standard InChI is InChI=1S/C22H24N2O4S/c1-14-3-6-17(9-15(14)2)23-22(26)18-11-29-12-24(18)21(25)8-5-16-4-7-19-20(10-16)28-13-27-19/h3-4,6-7,9-10,18H,5,8,11-13H2,1-2H3,(H,23,26). The monoisotopic (exact) mass is 412 g/mol. The third-order valence-electron chi connectivity index (χ3n) is 5.34. The molecule has 0 radical (unpaired) electrons. The van der Waals surface area contributed by atoms with E-state index in [0.717, 1.165) is 28.3 Å². The molecular formula is C22H24N2O4S. The SMILES string of the molecule is Cc1ccc(NC(=O)C2CSCN2C(=O)CCc2ccc3c(c2)OCO3)cc1C. The first-order valence-corrected chi connectivity index (χ1v) is 10.8. The number of amides is 2. The predicted molar refractivity (Wildman–Crippen MR) is 113 cm³/mol. The summed E-state index contributed by atoms with van der Waals surface area (Å²) in [6.45, 7) is 4.29. The Balaban J connectivity index is 1.36. The summed E-state index contributed by atoms with van der Waals surface area (Å²) >= 11 is 1.61. The number of hydrogen-bond acceptors (Lipinski definition) is 5. The Morgan fingerprint density at radius 3 is 2.76 bits per heavy atom. The predicted octanol–water partition coefficient (Wildman–Crippen LogP) is 3.50. The highest BCUT2D eigenvalue weighted by atomic mass is 32.2. The lowest BCUT2D eigenvalue weighted by atomic mass is 10.1. The van der Waals surface area contributed by atoms with Gasteiger partial charge in [-0.05, 0) is 61.2 Å². The summed E-state index contributed by atoms with van der Waals surface area (Å²) in [5, 5.41) is 2.96. The lowest BCUT2D eigenvalue weighted by Gasteiger charge is -2.23. The Labute approximate surface area is 174 Å². The topological polar surface area (TPSA) is 67.9 Å². The molecule has 152 valence electrons. The van der Waals surface area contributed by atoms with Crippen molar-refractivity contribution in [1.29, 1.82) is 0 Å². The molecule has 7 heteroatoms. The maximum atomic E-state index is 12.8. The van der Waals surface area contributed by atoms with Gasteiger partial charge in [0.05, 0.1) is 5.88 Å².